The highest BCUT2D eigenvalue weighted by atomic mass is 32.2. The fourth-order valence-electron chi connectivity index (χ4n) is 1.52. The van der Waals surface area contributed by atoms with Crippen LogP contribution in [0.3, 0.4) is 0 Å². The van der Waals surface area contributed by atoms with Crippen LogP contribution in [0.5, 0.6) is 11.5 Å². The molecule has 0 fully saturated rings. The SMILES string of the molecule is CSc1ccc(OCCOc2ccc(F)cc2)cc1. The summed E-state index contributed by atoms with van der Waals surface area (Å²) in [5.41, 5.74) is 0. The van der Waals surface area contributed by atoms with E-state index in [9.17, 15) is 4.39 Å². The average molecular weight is 278 g/mol. The van der Waals surface area contributed by atoms with Crippen LogP contribution in [0, 0.1) is 5.82 Å². The molecule has 2 aromatic rings. The summed E-state index contributed by atoms with van der Waals surface area (Å²) in [6.45, 7) is 0.881. The molecule has 0 atom stereocenters. The summed E-state index contributed by atoms with van der Waals surface area (Å²) < 4.78 is 23.7. The van der Waals surface area contributed by atoms with Crippen molar-refractivity contribution in [1.82, 2.24) is 0 Å². The Kier molecular flexibility index (Phi) is 5.10. The van der Waals surface area contributed by atoms with Gasteiger partial charge in [0.05, 0.1) is 0 Å². The van der Waals surface area contributed by atoms with E-state index in [0.29, 0.717) is 19.0 Å². The van der Waals surface area contributed by atoms with Crippen LogP contribution >= 0.6 is 11.8 Å². The molecule has 2 nitrogen and oxygen atoms in total. The highest BCUT2D eigenvalue weighted by Crippen LogP contribution is 2.19. The molecule has 0 aromatic heterocycles. The van der Waals surface area contributed by atoms with E-state index in [1.54, 1.807) is 23.9 Å². The summed E-state index contributed by atoms with van der Waals surface area (Å²) in [7, 11) is 0. The van der Waals surface area contributed by atoms with Crippen LogP contribution in [-0.4, -0.2) is 19.5 Å². The molecule has 0 aliphatic carbocycles. The van der Waals surface area contributed by atoms with Crippen LogP contribution in [0.1, 0.15) is 0 Å². The molecule has 0 amide bonds. The lowest BCUT2D eigenvalue weighted by Gasteiger charge is -2.08. The third kappa shape index (κ3) is 4.48. The summed E-state index contributed by atoms with van der Waals surface area (Å²) in [4.78, 5) is 1.20. The Morgan fingerprint density at radius 1 is 0.842 bits per heavy atom. The van der Waals surface area contributed by atoms with E-state index < -0.39 is 0 Å². The predicted molar refractivity (Wildman–Crippen MR) is 75.6 cm³/mol. The summed E-state index contributed by atoms with van der Waals surface area (Å²) >= 11 is 1.69. The molecule has 0 aliphatic rings. The third-order valence-corrected chi connectivity index (χ3v) is 3.24. The van der Waals surface area contributed by atoms with Crippen molar-refractivity contribution in [2.24, 2.45) is 0 Å². The lowest BCUT2D eigenvalue weighted by atomic mass is 10.3. The fourth-order valence-corrected chi connectivity index (χ4v) is 1.93. The van der Waals surface area contributed by atoms with Crippen LogP contribution in [0.25, 0.3) is 0 Å². The number of rotatable bonds is 6. The van der Waals surface area contributed by atoms with Gasteiger partial charge in [0.1, 0.15) is 30.5 Å². The molecule has 100 valence electrons. The molecule has 0 N–H and O–H groups in total. The van der Waals surface area contributed by atoms with Crippen molar-refractivity contribution in [3.63, 3.8) is 0 Å². The summed E-state index contributed by atoms with van der Waals surface area (Å²) in [6, 6.07) is 13.8. The first-order chi connectivity index (χ1) is 9.28. The quantitative estimate of drug-likeness (QED) is 0.587. The molecule has 0 spiro atoms. The Morgan fingerprint density at radius 3 is 1.79 bits per heavy atom. The molecule has 0 unspecified atom stereocenters. The minimum atomic E-state index is -0.266. The van der Waals surface area contributed by atoms with Crippen LogP contribution in [0.4, 0.5) is 4.39 Å². The van der Waals surface area contributed by atoms with Gasteiger partial charge in [-0.2, -0.15) is 0 Å². The maximum absolute atomic E-state index is 12.7. The van der Waals surface area contributed by atoms with E-state index in [1.165, 1.54) is 17.0 Å². The maximum atomic E-state index is 12.7. The molecule has 0 radical (unpaired) electrons. The summed E-state index contributed by atoms with van der Waals surface area (Å²) in [5.74, 6) is 1.20. The van der Waals surface area contributed by atoms with Gasteiger partial charge in [0, 0.05) is 4.90 Å². The van der Waals surface area contributed by atoms with Crippen LogP contribution < -0.4 is 9.47 Å². The first-order valence-electron chi connectivity index (χ1n) is 5.93. The number of ether oxygens (including phenoxy) is 2. The smallest absolute Gasteiger partial charge is 0.123 e. The molecular weight excluding hydrogens is 263 g/mol. The molecule has 0 bridgehead atoms. The zero-order chi connectivity index (χ0) is 13.5. The molecule has 0 aliphatic heterocycles. The van der Waals surface area contributed by atoms with Crippen LogP contribution in [-0.2, 0) is 0 Å². The second-order valence-corrected chi connectivity index (χ2v) is 4.71. The molecule has 2 aromatic carbocycles. The first-order valence-corrected chi connectivity index (χ1v) is 7.15. The van der Waals surface area contributed by atoms with Crippen molar-refractivity contribution in [2.45, 2.75) is 4.90 Å². The summed E-state index contributed by atoms with van der Waals surface area (Å²) in [6.07, 6.45) is 2.03. The minimum Gasteiger partial charge on any atom is -0.490 e. The number of hydrogen-bond donors (Lipinski definition) is 0. The van der Waals surface area contributed by atoms with E-state index >= 15 is 0 Å². The Bertz CT molecular complexity index is 497. The Labute approximate surface area is 116 Å². The largest absolute Gasteiger partial charge is 0.490 e. The van der Waals surface area contributed by atoms with E-state index in [2.05, 4.69) is 0 Å². The topological polar surface area (TPSA) is 18.5 Å². The van der Waals surface area contributed by atoms with Crippen molar-refractivity contribution in [3.8, 4) is 11.5 Å². The van der Waals surface area contributed by atoms with E-state index in [-0.39, 0.29) is 5.82 Å². The van der Waals surface area contributed by atoms with Crippen LogP contribution in [0.15, 0.2) is 53.4 Å². The van der Waals surface area contributed by atoms with E-state index in [1.807, 2.05) is 30.5 Å². The lowest BCUT2D eigenvalue weighted by Crippen LogP contribution is -2.08. The van der Waals surface area contributed by atoms with Crippen molar-refractivity contribution < 1.29 is 13.9 Å². The maximum Gasteiger partial charge on any atom is 0.123 e. The molecule has 0 saturated carbocycles. The number of hydrogen-bond acceptors (Lipinski definition) is 3. The van der Waals surface area contributed by atoms with Gasteiger partial charge in [0.15, 0.2) is 0 Å². The molecule has 2 rings (SSSR count). The Morgan fingerprint density at radius 2 is 1.32 bits per heavy atom. The summed E-state index contributed by atoms with van der Waals surface area (Å²) in [5, 5.41) is 0. The average Bonchev–Trinajstić information content (AvgIpc) is 2.46. The standard InChI is InChI=1S/C15H15FO2S/c1-19-15-8-6-14(7-9-15)18-11-10-17-13-4-2-12(16)3-5-13/h2-9H,10-11H2,1H3. The molecule has 0 saturated heterocycles. The van der Waals surface area contributed by atoms with Gasteiger partial charge >= 0.3 is 0 Å². The number of thioether (sulfide) groups is 1. The van der Waals surface area contributed by atoms with E-state index in [4.69, 9.17) is 9.47 Å². The second-order valence-electron chi connectivity index (χ2n) is 3.83. The van der Waals surface area contributed by atoms with Gasteiger partial charge in [-0.3, -0.25) is 0 Å². The van der Waals surface area contributed by atoms with Crippen molar-refractivity contribution >= 4 is 11.8 Å². The third-order valence-electron chi connectivity index (χ3n) is 2.49. The normalized spacial score (nSPS) is 10.2. The number of halogens is 1. The van der Waals surface area contributed by atoms with Crippen molar-refractivity contribution in [1.29, 1.82) is 0 Å². The highest BCUT2D eigenvalue weighted by Gasteiger charge is 1.97. The van der Waals surface area contributed by atoms with Gasteiger partial charge in [-0.05, 0) is 54.8 Å². The zero-order valence-corrected chi connectivity index (χ0v) is 11.5. The van der Waals surface area contributed by atoms with Gasteiger partial charge in [0.25, 0.3) is 0 Å². The molecular formula is C15H15FO2S. The van der Waals surface area contributed by atoms with Gasteiger partial charge in [-0.15, -0.1) is 11.8 Å². The van der Waals surface area contributed by atoms with Gasteiger partial charge < -0.3 is 9.47 Å². The molecule has 19 heavy (non-hydrogen) atoms. The minimum absolute atomic E-state index is 0.266. The van der Waals surface area contributed by atoms with Crippen molar-refractivity contribution in [3.05, 3.63) is 54.3 Å². The van der Waals surface area contributed by atoms with Gasteiger partial charge in [0.2, 0.25) is 0 Å². The monoisotopic (exact) mass is 278 g/mol. The number of benzene rings is 2. The Hall–Kier alpha value is -1.68. The predicted octanol–water partition coefficient (Wildman–Crippen LogP) is 4.01. The van der Waals surface area contributed by atoms with Crippen LogP contribution in [0.2, 0.25) is 0 Å². The second kappa shape index (κ2) is 7.04. The lowest BCUT2D eigenvalue weighted by molar-refractivity contribution is 0.217. The highest BCUT2D eigenvalue weighted by molar-refractivity contribution is 7.98. The van der Waals surface area contributed by atoms with E-state index in [0.717, 1.165) is 5.75 Å². The Balaban J connectivity index is 1.72. The van der Waals surface area contributed by atoms with Gasteiger partial charge in [-0.1, -0.05) is 0 Å². The first kappa shape index (κ1) is 13.7. The zero-order valence-electron chi connectivity index (χ0n) is 10.6. The molecule has 4 heteroatoms. The van der Waals surface area contributed by atoms with Gasteiger partial charge in [-0.25, -0.2) is 4.39 Å². The molecule has 0 heterocycles. The fraction of sp³-hybridized carbons (Fsp3) is 0.200. The van der Waals surface area contributed by atoms with Crippen molar-refractivity contribution in [2.75, 3.05) is 19.5 Å².